The molecule has 0 aliphatic carbocycles. The van der Waals surface area contributed by atoms with Gasteiger partial charge < -0.3 is 18.9 Å². The Labute approximate surface area is 606 Å². The van der Waals surface area contributed by atoms with E-state index >= 15 is 0 Å². The third-order valence-corrected chi connectivity index (χ3v) is 21.2. The second-order valence-corrected chi connectivity index (χ2v) is 32.7. The molecule has 0 aliphatic heterocycles. The van der Waals surface area contributed by atoms with E-state index < -0.39 is 26.5 Å². The molecule has 2 atom stereocenters. The standard InChI is InChI=1S/C87H170NO8P/c1-6-8-10-12-14-16-18-20-22-24-26-28-30-32-34-36-38-40-42-43-44-46-47-49-51-53-55-57-59-61-63-65-67-69-71-73-75-77-79-86(89)93-83-85(84-95-97(91,92)94-82-81-88(3,4)5)96-87(90)80-78-76-74-72-70-68-66-64-62-60-58-56-54-52-50-48-45-41-39-37-35-33-31-29-27-25-23-21-19-17-15-13-11-9-7-2/h19,21,25,27,85H,6-18,20,22-24,26,28-84H2,1-5H3/p+1/b21-19-,27-25-. The SMILES string of the molecule is CCCCCCC/C=C\C/C=C\CCCCCCCCCCCCCCCCCCCCCCCCCC(=O)OC(COC(=O)CCCCCCCCCCCCCCCCCCCCCCCCCCCCCCCCCCCCCCCC)COP(=O)(O)OCC[N+](C)(C)C. The first-order chi connectivity index (χ1) is 47.5. The van der Waals surface area contributed by atoms with Crippen LogP contribution < -0.4 is 0 Å². The summed E-state index contributed by atoms with van der Waals surface area (Å²) in [5.41, 5.74) is 0. The Morgan fingerprint density at radius 2 is 0.557 bits per heavy atom. The summed E-state index contributed by atoms with van der Waals surface area (Å²) in [5.74, 6) is -0.766. The molecule has 0 aromatic heterocycles. The number of hydrogen-bond donors (Lipinski definition) is 1. The smallest absolute Gasteiger partial charge is 0.462 e. The zero-order chi connectivity index (χ0) is 70.4. The fourth-order valence-electron chi connectivity index (χ4n) is 13.6. The van der Waals surface area contributed by atoms with Crippen molar-refractivity contribution >= 4 is 19.8 Å². The quantitative estimate of drug-likeness (QED) is 0.0211. The molecule has 0 heterocycles. The first kappa shape index (κ1) is 95.5. The minimum absolute atomic E-state index is 0.0364. The number of allylic oxidation sites excluding steroid dienone is 4. The number of phosphoric acid groups is 1. The van der Waals surface area contributed by atoms with E-state index in [0.29, 0.717) is 17.4 Å². The highest BCUT2D eigenvalue weighted by molar-refractivity contribution is 7.47. The van der Waals surface area contributed by atoms with Crippen molar-refractivity contribution in [2.45, 2.75) is 476 Å². The molecule has 0 saturated carbocycles. The Bertz CT molecular complexity index is 1680. The number of ether oxygens (including phenoxy) is 2. The molecule has 1 N–H and O–H groups in total. The van der Waals surface area contributed by atoms with Gasteiger partial charge >= 0.3 is 19.8 Å². The van der Waals surface area contributed by atoms with E-state index in [9.17, 15) is 19.0 Å². The van der Waals surface area contributed by atoms with Crippen LogP contribution in [0.15, 0.2) is 24.3 Å². The third-order valence-electron chi connectivity index (χ3n) is 20.2. The second-order valence-electron chi connectivity index (χ2n) is 31.3. The number of carbonyl (C=O) groups excluding carboxylic acids is 2. The van der Waals surface area contributed by atoms with Gasteiger partial charge in [0, 0.05) is 12.8 Å². The van der Waals surface area contributed by atoms with Gasteiger partial charge in [-0.1, -0.05) is 436 Å². The lowest BCUT2D eigenvalue weighted by Gasteiger charge is -2.24. The molecule has 0 spiro atoms. The summed E-state index contributed by atoms with van der Waals surface area (Å²) in [6, 6.07) is 0. The van der Waals surface area contributed by atoms with Gasteiger partial charge in [0.05, 0.1) is 27.7 Å². The highest BCUT2D eigenvalue weighted by atomic mass is 31.2. The van der Waals surface area contributed by atoms with Crippen LogP contribution in [0.5, 0.6) is 0 Å². The second kappa shape index (κ2) is 78.6. The largest absolute Gasteiger partial charge is 0.472 e. The number of nitrogens with zero attached hydrogens (tertiary/aromatic N) is 1. The Morgan fingerprint density at radius 3 is 0.814 bits per heavy atom. The molecule has 576 valence electrons. The Kier molecular flexibility index (Phi) is 77.4. The first-order valence-electron chi connectivity index (χ1n) is 43.6. The maximum Gasteiger partial charge on any atom is 0.472 e. The van der Waals surface area contributed by atoms with Gasteiger partial charge in [0.25, 0.3) is 0 Å². The Morgan fingerprint density at radius 1 is 0.320 bits per heavy atom. The lowest BCUT2D eigenvalue weighted by Crippen LogP contribution is -2.37. The van der Waals surface area contributed by atoms with E-state index in [4.69, 9.17) is 18.5 Å². The van der Waals surface area contributed by atoms with Crippen molar-refractivity contribution in [3.63, 3.8) is 0 Å². The number of hydrogen-bond acceptors (Lipinski definition) is 7. The van der Waals surface area contributed by atoms with Crippen molar-refractivity contribution in [2.75, 3.05) is 47.5 Å². The molecule has 2 unspecified atom stereocenters. The molecule has 0 fully saturated rings. The number of quaternary nitrogens is 1. The van der Waals surface area contributed by atoms with Crippen molar-refractivity contribution in [2.24, 2.45) is 0 Å². The summed E-state index contributed by atoms with van der Waals surface area (Å²) in [6.07, 6.45) is 102. The number of phosphoric ester groups is 1. The van der Waals surface area contributed by atoms with Crippen molar-refractivity contribution in [1.29, 1.82) is 0 Å². The summed E-state index contributed by atoms with van der Waals surface area (Å²) >= 11 is 0. The van der Waals surface area contributed by atoms with Gasteiger partial charge in [-0.15, -0.1) is 0 Å². The fourth-order valence-corrected chi connectivity index (χ4v) is 14.3. The molecule has 9 nitrogen and oxygen atoms in total. The average molecular weight is 1390 g/mol. The molecule has 0 radical (unpaired) electrons. The van der Waals surface area contributed by atoms with Crippen LogP contribution in [-0.4, -0.2) is 74.9 Å². The predicted octanol–water partition coefficient (Wildman–Crippen LogP) is 29.1. The Balaban J connectivity index is 3.84. The van der Waals surface area contributed by atoms with Crippen LogP contribution in [0.3, 0.4) is 0 Å². The first-order valence-corrected chi connectivity index (χ1v) is 45.1. The van der Waals surface area contributed by atoms with E-state index in [2.05, 4.69) is 38.2 Å². The van der Waals surface area contributed by atoms with Crippen molar-refractivity contribution in [1.82, 2.24) is 0 Å². The van der Waals surface area contributed by atoms with Gasteiger partial charge in [0.2, 0.25) is 0 Å². The molecular weight excluding hydrogens is 1220 g/mol. The number of esters is 2. The van der Waals surface area contributed by atoms with Gasteiger partial charge in [-0.2, -0.15) is 0 Å². The number of unbranched alkanes of at least 4 members (excludes halogenated alkanes) is 65. The molecule has 0 aliphatic rings. The van der Waals surface area contributed by atoms with Crippen LogP contribution in [-0.2, 0) is 32.7 Å². The predicted molar refractivity (Wildman–Crippen MR) is 423 cm³/mol. The third kappa shape index (κ3) is 83.3. The molecule has 10 heteroatoms. The minimum atomic E-state index is -4.39. The summed E-state index contributed by atoms with van der Waals surface area (Å²) in [7, 11) is 1.51. The average Bonchev–Trinajstić information content (AvgIpc) is 1.69. The number of rotatable bonds is 83. The molecule has 0 saturated heterocycles. The van der Waals surface area contributed by atoms with E-state index in [1.54, 1.807) is 0 Å². The van der Waals surface area contributed by atoms with Crippen LogP contribution in [0.2, 0.25) is 0 Å². The summed E-state index contributed by atoms with van der Waals surface area (Å²) < 4.78 is 34.9. The summed E-state index contributed by atoms with van der Waals surface area (Å²) in [5, 5.41) is 0. The maximum absolute atomic E-state index is 12.9. The monoisotopic (exact) mass is 1390 g/mol. The molecule has 97 heavy (non-hydrogen) atoms. The van der Waals surface area contributed by atoms with Crippen LogP contribution in [0.1, 0.15) is 470 Å². The van der Waals surface area contributed by atoms with Crippen LogP contribution >= 0.6 is 7.82 Å². The molecule has 0 aromatic rings. The normalized spacial score (nSPS) is 13.0. The minimum Gasteiger partial charge on any atom is -0.462 e. The summed E-state index contributed by atoms with van der Waals surface area (Å²) in [4.78, 5) is 36.0. The van der Waals surface area contributed by atoms with Crippen molar-refractivity contribution in [3.8, 4) is 0 Å². The highest BCUT2D eigenvalue weighted by Gasteiger charge is 2.27. The molecule has 0 bridgehead atoms. The Hall–Kier alpha value is -1.51. The van der Waals surface area contributed by atoms with E-state index in [0.717, 1.165) is 44.9 Å². The van der Waals surface area contributed by atoms with E-state index in [1.165, 1.54) is 398 Å². The van der Waals surface area contributed by atoms with E-state index in [-0.39, 0.29) is 25.6 Å². The van der Waals surface area contributed by atoms with Crippen molar-refractivity contribution < 1.29 is 42.1 Å². The molecule has 0 rings (SSSR count). The van der Waals surface area contributed by atoms with Crippen LogP contribution in [0, 0.1) is 0 Å². The van der Waals surface area contributed by atoms with Gasteiger partial charge in [-0.25, -0.2) is 4.57 Å². The summed E-state index contributed by atoms with van der Waals surface area (Å²) in [6.45, 7) is 4.52. The van der Waals surface area contributed by atoms with E-state index in [1.807, 2.05) is 21.1 Å². The number of carbonyl (C=O) groups is 2. The topological polar surface area (TPSA) is 108 Å². The molecular formula is C87H171NO8P+. The van der Waals surface area contributed by atoms with Gasteiger partial charge in [0.1, 0.15) is 19.8 Å². The lowest BCUT2D eigenvalue weighted by molar-refractivity contribution is -0.870. The van der Waals surface area contributed by atoms with Gasteiger partial charge in [-0.05, 0) is 44.9 Å². The van der Waals surface area contributed by atoms with Crippen LogP contribution in [0.25, 0.3) is 0 Å². The van der Waals surface area contributed by atoms with Crippen molar-refractivity contribution in [3.05, 3.63) is 24.3 Å². The molecule has 0 amide bonds. The number of likely N-dealkylation sites (N-methyl/N-ethyl adjacent to an activating group) is 1. The lowest BCUT2D eigenvalue weighted by atomic mass is 10.0. The zero-order valence-electron chi connectivity index (χ0n) is 66.1. The fraction of sp³-hybridized carbons (Fsp3) is 0.931. The molecule has 0 aromatic carbocycles. The highest BCUT2D eigenvalue weighted by Crippen LogP contribution is 2.43. The van der Waals surface area contributed by atoms with Gasteiger partial charge in [-0.3, -0.25) is 18.6 Å². The van der Waals surface area contributed by atoms with Gasteiger partial charge in [0.15, 0.2) is 6.10 Å². The zero-order valence-corrected chi connectivity index (χ0v) is 67.0. The maximum atomic E-state index is 12.9. The van der Waals surface area contributed by atoms with Crippen LogP contribution in [0.4, 0.5) is 0 Å².